The lowest BCUT2D eigenvalue weighted by atomic mass is 10.1. The van der Waals surface area contributed by atoms with Gasteiger partial charge in [0.25, 0.3) is 11.5 Å². The highest BCUT2D eigenvalue weighted by Crippen LogP contribution is 2.09. The number of nitrogens with zero attached hydrogens (tertiary/aromatic N) is 1. The van der Waals surface area contributed by atoms with Crippen molar-refractivity contribution in [3.63, 3.8) is 0 Å². The molecular weight excluding hydrogens is 382 g/mol. The Balaban J connectivity index is 0.00000264. The lowest BCUT2D eigenvalue weighted by Crippen LogP contribution is -2.37. The van der Waals surface area contributed by atoms with Crippen LogP contribution < -0.4 is 11.3 Å². The summed E-state index contributed by atoms with van der Waals surface area (Å²) in [4.78, 5) is 28.1. The summed E-state index contributed by atoms with van der Waals surface area (Å²) in [6.07, 6.45) is 2.19. The third-order valence-electron chi connectivity index (χ3n) is 3.30. The smallest absolute Gasteiger partial charge is 0.262 e. The summed E-state index contributed by atoms with van der Waals surface area (Å²) < 4.78 is 0.342. The van der Waals surface area contributed by atoms with E-state index >= 15 is 0 Å². The predicted octanol–water partition coefficient (Wildman–Crippen LogP) is 2.20. The standard InChI is InChI=1S/C16H18BrN3O2.ClH/c17-14-10-13(11-19-15(14)21)16(22)20(9-7-18)8-6-12-4-2-1-3-5-12;/h1-5,10-11H,6-9,18H2,(H,19,21);1H. The van der Waals surface area contributed by atoms with Crippen molar-refractivity contribution in [1.29, 1.82) is 0 Å². The molecule has 0 fully saturated rings. The maximum atomic E-state index is 12.5. The van der Waals surface area contributed by atoms with E-state index in [1.165, 1.54) is 17.8 Å². The molecule has 0 aliphatic rings. The van der Waals surface area contributed by atoms with E-state index in [9.17, 15) is 9.59 Å². The molecule has 23 heavy (non-hydrogen) atoms. The van der Waals surface area contributed by atoms with Crippen molar-refractivity contribution in [2.75, 3.05) is 19.6 Å². The van der Waals surface area contributed by atoms with Crippen molar-refractivity contribution in [1.82, 2.24) is 9.88 Å². The number of hydrogen-bond donors (Lipinski definition) is 2. The second-order valence-electron chi connectivity index (χ2n) is 4.88. The molecule has 1 heterocycles. The summed E-state index contributed by atoms with van der Waals surface area (Å²) >= 11 is 3.14. The molecule has 7 heteroatoms. The minimum Gasteiger partial charge on any atom is -0.337 e. The topological polar surface area (TPSA) is 79.2 Å². The fraction of sp³-hybridized carbons (Fsp3) is 0.250. The zero-order valence-electron chi connectivity index (χ0n) is 12.5. The average molecular weight is 401 g/mol. The van der Waals surface area contributed by atoms with Gasteiger partial charge in [0.15, 0.2) is 0 Å². The van der Waals surface area contributed by atoms with Crippen LogP contribution in [0.1, 0.15) is 15.9 Å². The fourth-order valence-corrected chi connectivity index (χ4v) is 2.50. The first-order chi connectivity index (χ1) is 10.6. The van der Waals surface area contributed by atoms with Gasteiger partial charge in [-0.15, -0.1) is 12.4 Å². The minimum absolute atomic E-state index is 0. The first-order valence-corrected chi connectivity index (χ1v) is 7.82. The number of aromatic amines is 1. The van der Waals surface area contributed by atoms with Crippen LogP contribution >= 0.6 is 28.3 Å². The third-order valence-corrected chi connectivity index (χ3v) is 3.89. The first kappa shape index (κ1) is 19.4. The lowest BCUT2D eigenvalue weighted by molar-refractivity contribution is 0.0761. The Morgan fingerprint density at radius 1 is 1.22 bits per heavy atom. The molecule has 0 aliphatic heterocycles. The van der Waals surface area contributed by atoms with Gasteiger partial charge in [0, 0.05) is 25.8 Å². The van der Waals surface area contributed by atoms with Crippen LogP contribution in [-0.2, 0) is 6.42 Å². The molecule has 0 unspecified atom stereocenters. The Morgan fingerprint density at radius 2 is 1.91 bits per heavy atom. The van der Waals surface area contributed by atoms with Crippen molar-refractivity contribution < 1.29 is 4.79 Å². The molecular formula is C16H19BrClN3O2. The van der Waals surface area contributed by atoms with Gasteiger partial charge in [-0.2, -0.15) is 0 Å². The van der Waals surface area contributed by atoms with Crippen molar-refractivity contribution in [2.45, 2.75) is 6.42 Å². The highest BCUT2D eigenvalue weighted by Gasteiger charge is 2.16. The normalized spacial score (nSPS) is 10.0. The molecule has 2 rings (SSSR count). The average Bonchev–Trinajstić information content (AvgIpc) is 2.54. The van der Waals surface area contributed by atoms with Crippen LogP contribution in [-0.4, -0.2) is 35.4 Å². The van der Waals surface area contributed by atoms with Crippen LogP contribution in [0.2, 0.25) is 0 Å². The molecule has 0 saturated heterocycles. The van der Waals surface area contributed by atoms with Gasteiger partial charge < -0.3 is 15.6 Å². The summed E-state index contributed by atoms with van der Waals surface area (Å²) in [5, 5.41) is 0. The zero-order valence-corrected chi connectivity index (χ0v) is 14.9. The number of carbonyl (C=O) groups excluding carboxylic acids is 1. The number of benzene rings is 1. The summed E-state index contributed by atoms with van der Waals surface area (Å²) in [5.74, 6) is -0.140. The Hall–Kier alpha value is -1.63. The molecule has 2 aromatic rings. The number of H-pyrrole nitrogens is 1. The van der Waals surface area contributed by atoms with Crippen LogP contribution in [0.5, 0.6) is 0 Å². The number of amides is 1. The number of nitrogens with one attached hydrogen (secondary N) is 1. The number of aromatic nitrogens is 1. The highest BCUT2D eigenvalue weighted by atomic mass is 79.9. The number of hydrogen-bond acceptors (Lipinski definition) is 3. The van der Waals surface area contributed by atoms with E-state index in [4.69, 9.17) is 5.73 Å². The number of rotatable bonds is 6. The van der Waals surface area contributed by atoms with Crippen molar-refractivity contribution >= 4 is 34.2 Å². The summed E-state index contributed by atoms with van der Waals surface area (Å²) in [6.45, 7) is 1.45. The molecule has 124 valence electrons. The molecule has 0 spiro atoms. The number of nitrogens with two attached hydrogens (primary N) is 1. The predicted molar refractivity (Wildman–Crippen MR) is 97.1 cm³/mol. The van der Waals surface area contributed by atoms with Crippen LogP contribution in [0.4, 0.5) is 0 Å². The Kier molecular flexibility index (Phi) is 8.02. The molecule has 0 aliphatic carbocycles. The Morgan fingerprint density at radius 3 is 2.52 bits per heavy atom. The SMILES string of the molecule is Cl.NCCN(CCc1ccccc1)C(=O)c1c[nH]c(=O)c(Br)c1. The van der Waals surface area contributed by atoms with Gasteiger partial charge in [-0.1, -0.05) is 30.3 Å². The van der Waals surface area contributed by atoms with Crippen LogP contribution in [0, 0.1) is 0 Å². The molecule has 0 bridgehead atoms. The van der Waals surface area contributed by atoms with Gasteiger partial charge in [-0.3, -0.25) is 9.59 Å². The molecule has 5 nitrogen and oxygen atoms in total. The molecule has 0 atom stereocenters. The van der Waals surface area contributed by atoms with Gasteiger partial charge >= 0.3 is 0 Å². The molecule has 1 aromatic heterocycles. The zero-order chi connectivity index (χ0) is 15.9. The van der Waals surface area contributed by atoms with Crippen molar-refractivity contribution in [3.05, 3.63) is 68.5 Å². The van der Waals surface area contributed by atoms with Crippen LogP contribution in [0.15, 0.2) is 51.9 Å². The number of carbonyl (C=O) groups is 1. The van der Waals surface area contributed by atoms with Crippen molar-refractivity contribution in [2.24, 2.45) is 5.73 Å². The van der Waals surface area contributed by atoms with Crippen LogP contribution in [0.3, 0.4) is 0 Å². The van der Waals surface area contributed by atoms with Gasteiger partial charge in [0.1, 0.15) is 0 Å². The van der Waals surface area contributed by atoms with E-state index in [1.807, 2.05) is 30.3 Å². The highest BCUT2D eigenvalue weighted by molar-refractivity contribution is 9.10. The minimum atomic E-state index is -0.258. The molecule has 0 radical (unpaired) electrons. The quantitative estimate of drug-likeness (QED) is 0.780. The van der Waals surface area contributed by atoms with E-state index in [0.717, 1.165) is 6.42 Å². The second-order valence-corrected chi connectivity index (χ2v) is 5.74. The van der Waals surface area contributed by atoms with Gasteiger partial charge in [-0.05, 0) is 34.0 Å². The molecule has 0 saturated carbocycles. The third kappa shape index (κ3) is 5.49. The first-order valence-electron chi connectivity index (χ1n) is 7.03. The summed E-state index contributed by atoms with van der Waals surface area (Å²) in [7, 11) is 0. The van der Waals surface area contributed by atoms with E-state index in [2.05, 4.69) is 20.9 Å². The fourth-order valence-electron chi connectivity index (χ4n) is 2.14. The monoisotopic (exact) mass is 399 g/mol. The second kappa shape index (κ2) is 9.50. The Bertz CT molecular complexity index is 691. The summed E-state index contributed by atoms with van der Waals surface area (Å²) in [5.41, 5.74) is 6.95. The Labute approximate surface area is 149 Å². The lowest BCUT2D eigenvalue weighted by Gasteiger charge is -2.22. The maximum absolute atomic E-state index is 12.5. The van der Waals surface area contributed by atoms with E-state index in [0.29, 0.717) is 29.7 Å². The van der Waals surface area contributed by atoms with Gasteiger partial charge in [-0.25, -0.2) is 0 Å². The number of halogens is 2. The number of pyridine rings is 1. The van der Waals surface area contributed by atoms with E-state index < -0.39 is 0 Å². The van der Waals surface area contributed by atoms with Crippen molar-refractivity contribution in [3.8, 4) is 0 Å². The van der Waals surface area contributed by atoms with E-state index in [-0.39, 0.29) is 23.9 Å². The summed E-state index contributed by atoms with van der Waals surface area (Å²) in [6, 6.07) is 11.5. The van der Waals surface area contributed by atoms with Gasteiger partial charge in [0.2, 0.25) is 0 Å². The van der Waals surface area contributed by atoms with Gasteiger partial charge in [0.05, 0.1) is 10.0 Å². The molecule has 1 aromatic carbocycles. The van der Waals surface area contributed by atoms with E-state index in [1.54, 1.807) is 4.90 Å². The molecule has 3 N–H and O–H groups in total. The van der Waals surface area contributed by atoms with Crippen LogP contribution in [0.25, 0.3) is 0 Å². The largest absolute Gasteiger partial charge is 0.337 e. The maximum Gasteiger partial charge on any atom is 0.262 e. The molecule has 1 amide bonds.